The van der Waals surface area contributed by atoms with Crippen LogP contribution in [0.1, 0.15) is 29.9 Å². The summed E-state index contributed by atoms with van der Waals surface area (Å²) in [6, 6.07) is 5.88. The van der Waals surface area contributed by atoms with Crippen LogP contribution in [0.4, 0.5) is 11.4 Å². The van der Waals surface area contributed by atoms with Crippen LogP contribution in [0, 0.1) is 20.2 Å². The van der Waals surface area contributed by atoms with Crippen molar-refractivity contribution in [1.82, 2.24) is 4.90 Å². The highest BCUT2D eigenvalue weighted by molar-refractivity contribution is 6.09. The Hall–Kier alpha value is -3.93. The van der Waals surface area contributed by atoms with E-state index in [0.717, 1.165) is 0 Å². The van der Waals surface area contributed by atoms with Gasteiger partial charge in [-0.1, -0.05) is 0 Å². The quantitative estimate of drug-likeness (QED) is 0.435. The van der Waals surface area contributed by atoms with Crippen molar-refractivity contribution in [2.45, 2.75) is 36.4 Å². The first-order chi connectivity index (χ1) is 17.2. The predicted molar refractivity (Wildman–Crippen MR) is 128 cm³/mol. The molecule has 3 aliphatic heterocycles. The molecule has 12 heteroatoms. The second kappa shape index (κ2) is 8.33. The summed E-state index contributed by atoms with van der Waals surface area (Å²) in [5.74, 6) is -0.402. The Bertz CT molecular complexity index is 1260. The minimum Gasteiger partial charge on any atom is -0.493 e. The standard InChI is InChI=1S/C24H26N4O8/c1-25-16-8-7-14(27(30)31)12-15(16)24(23(25)29)20(21(28(32)33)17-6-5-9-26(17)24)13-10-18(34-2)22(36-4)19(11-13)35-3/h7-8,10-12,17,20-21H,5-6,9H2,1-4H3/t17-,20-,21+,24-/m0/s1. The summed E-state index contributed by atoms with van der Waals surface area (Å²) < 4.78 is 16.5. The third kappa shape index (κ3) is 2.93. The maximum Gasteiger partial charge on any atom is 0.269 e. The molecule has 0 bridgehead atoms. The number of ether oxygens (including phenoxy) is 3. The molecule has 3 aliphatic rings. The molecule has 4 atom stereocenters. The van der Waals surface area contributed by atoms with Gasteiger partial charge in [0.2, 0.25) is 11.8 Å². The fourth-order valence-corrected chi connectivity index (χ4v) is 6.51. The van der Waals surface area contributed by atoms with E-state index in [1.54, 1.807) is 19.2 Å². The summed E-state index contributed by atoms with van der Waals surface area (Å²) in [6.07, 6.45) is 1.22. The fourth-order valence-electron chi connectivity index (χ4n) is 6.51. The molecule has 0 N–H and O–H groups in total. The Morgan fingerprint density at radius 2 is 1.69 bits per heavy atom. The lowest BCUT2D eigenvalue weighted by Gasteiger charge is -2.37. The third-order valence-corrected chi connectivity index (χ3v) is 7.82. The molecule has 36 heavy (non-hydrogen) atoms. The molecular formula is C24H26N4O8. The molecule has 12 nitrogen and oxygen atoms in total. The van der Waals surface area contributed by atoms with Gasteiger partial charge >= 0.3 is 0 Å². The molecule has 3 heterocycles. The van der Waals surface area contributed by atoms with Gasteiger partial charge in [-0.25, -0.2) is 0 Å². The van der Waals surface area contributed by atoms with E-state index in [0.29, 0.717) is 53.4 Å². The summed E-state index contributed by atoms with van der Waals surface area (Å²) in [5.41, 5.74) is -0.321. The summed E-state index contributed by atoms with van der Waals surface area (Å²) in [5, 5.41) is 24.3. The number of hydrogen-bond acceptors (Lipinski definition) is 9. The topological polar surface area (TPSA) is 138 Å². The van der Waals surface area contributed by atoms with Gasteiger partial charge in [-0.15, -0.1) is 0 Å². The highest BCUT2D eigenvalue weighted by Gasteiger charge is 2.72. The number of likely N-dealkylation sites (N-methyl/N-ethyl adjacent to an activating group) is 1. The minimum atomic E-state index is -1.50. The van der Waals surface area contributed by atoms with Crippen molar-refractivity contribution in [3.8, 4) is 17.2 Å². The van der Waals surface area contributed by atoms with Crippen LogP contribution in [0.15, 0.2) is 30.3 Å². The number of nitro groups is 2. The second-order valence-electron chi connectivity index (χ2n) is 9.20. The van der Waals surface area contributed by atoms with Gasteiger partial charge in [0, 0.05) is 41.9 Å². The molecule has 1 amide bonds. The molecular weight excluding hydrogens is 472 g/mol. The van der Waals surface area contributed by atoms with Crippen molar-refractivity contribution in [2.75, 3.05) is 39.8 Å². The number of benzene rings is 2. The summed E-state index contributed by atoms with van der Waals surface area (Å²) in [7, 11) is 5.94. The zero-order chi connectivity index (χ0) is 25.9. The summed E-state index contributed by atoms with van der Waals surface area (Å²) in [4.78, 5) is 41.0. The molecule has 0 saturated carbocycles. The number of fused-ring (bicyclic) bond motifs is 4. The van der Waals surface area contributed by atoms with E-state index >= 15 is 0 Å². The van der Waals surface area contributed by atoms with Crippen LogP contribution in [0.5, 0.6) is 17.2 Å². The molecule has 0 aromatic heterocycles. The van der Waals surface area contributed by atoms with Gasteiger partial charge in [-0.3, -0.25) is 29.9 Å². The normalized spacial score (nSPS) is 26.7. The molecule has 2 saturated heterocycles. The van der Waals surface area contributed by atoms with Crippen molar-refractivity contribution in [1.29, 1.82) is 0 Å². The van der Waals surface area contributed by atoms with E-state index in [-0.39, 0.29) is 16.5 Å². The van der Waals surface area contributed by atoms with Crippen LogP contribution in [0.25, 0.3) is 0 Å². The Kier molecular flexibility index (Phi) is 5.51. The van der Waals surface area contributed by atoms with Crippen molar-refractivity contribution in [2.24, 2.45) is 0 Å². The highest BCUT2D eigenvalue weighted by atomic mass is 16.6. The molecule has 1 spiro atoms. The van der Waals surface area contributed by atoms with E-state index < -0.39 is 28.5 Å². The van der Waals surface area contributed by atoms with Crippen molar-refractivity contribution >= 4 is 17.3 Å². The average Bonchev–Trinajstić information content (AvgIpc) is 3.51. The largest absolute Gasteiger partial charge is 0.493 e. The summed E-state index contributed by atoms with van der Waals surface area (Å²) >= 11 is 0. The number of non-ortho nitro benzene ring substituents is 1. The highest BCUT2D eigenvalue weighted by Crippen LogP contribution is 2.62. The van der Waals surface area contributed by atoms with Crippen LogP contribution in [0.2, 0.25) is 0 Å². The third-order valence-electron chi connectivity index (χ3n) is 7.82. The Morgan fingerprint density at radius 1 is 1.03 bits per heavy atom. The van der Waals surface area contributed by atoms with E-state index in [1.807, 2.05) is 4.90 Å². The number of anilines is 1. The van der Waals surface area contributed by atoms with Gasteiger partial charge < -0.3 is 19.1 Å². The maximum atomic E-state index is 14.2. The Balaban J connectivity index is 1.86. The summed E-state index contributed by atoms with van der Waals surface area (Å²) in [6.45, 7) is 0.456. The molecule has 0 radical (unpaired) electrons. The number of nitrogens with zero attached hydrogens (tertiary/aromatic N) is 4. The van der Waals surface area contributed by atoms with E-state index in [4.69, 9.17) is 14.2 Å². The average molecular weight is 498 g/mol. The van der Waals surface area contributed by atoms with Crippen molar-refractivity contribution < 1.29 is 28.9 Å². The molecule has 5 rings (SSSR count). The van der Waals surface area contributed by atoms with Gasteiger partial charge in [0.15, 0.2) is 11.5 Å². The van der Waals surface area contributed by atoms with Crippen LogP contribution in [0.3, 0.4) is 0 Å². The zero-order valence-corrected chi connectivity index (χ0v) is 20.3. The lowest BCUT2D eigenvalue weighted by atomic mass is 9.73. The first-order valence-electron chi connectivity index (χ1n) is 11.5. The zero-order valence-electron chi connectivity index (χ0n) is 20.3. The Labute approximate surface area is 206 Å². The fraction of sp³-hybridized carbons (Fsp3) is 0.458. The van der Waals surface area contributed by atoms with Crippen LogP contribution < -0.4 is 19.1 Å². The molecule has 2 aromatic rings. The van der Waals surface area contributed by atoms with Crippen LogP contribution in [-0.4, -0.2) is 67.7 Å². The van der Waals surface area contributed by atoms with E-state index in [9.17, 15) is 25.0 Å². The number of hydrogen-bond donors (Lipinski definition) is 0. The lowest BCUT2D eigenvalue weighted by Crippen LogP contribution is -2.52. The molecule has 190 valence electrons. The minimum absolute atomic E-state index is 0.180. The number of carbonyl (C=O) groups excluding carboxylic acids is 1. The van der Waals surface area contributed by atoms with Gasteiger partial charge in [-0.05, 0) is 36.6 Å². The number of nitro benzene ring substituents is 1. The Morgan fingerprint density at radius 3 is 2.25 bits per heavy atom. The first kappa shape index (κ1) is 23.8. The van der Waals surface area contributed by atoms with Gasteiger partial charge in [0.05, 0.1) is 38.2 Å². The van der Waals surface area contributed by atoms with Gasteiger partial charge in [-0.2, -0.15) is 0 Å². The van der Waals surface area contributed by atoms with E-state index in [1.165, 1.54) is 44.4 Å². The van der Waals surface area contributed by atoms with Crippen LogP contribution in [-0.2, 0) is 10.3 Å². The first-order valence-corrected chi connectivity index (χ1v) is 11.5. The van der Waals surface area contributed by atoms with Crippen LogP contribution >= 0.6 is 0 Å². The molecule has 0 aliphatic carbocycles. The van der Waals surface area contributed by atoms with Crippen molar-refractivity contribution in [3.05, 3.63) is 61.7 Å². The smallest absolute Gasteiger partial charge is 0.269 e. The number of carbonyl (C=O) groups is 1. The van der Waals surface area contributed by atoms with Gasteiger partial charge in [0.25, 0.3) is 11.6 Å². The van der Waals surface area contributed by atoms with E-state index in [2.05, 4.69) is 0 Å². The van der Waals surface area contributed by atoms with Gasteiger partial charge in [0.1, 0.15) is 5.54 Å². The predicted octanol–water partition coefficient (Wildman–Crippen LogP) is 2.70. The second-order valence-corrected chi connectivity index (χ2v) is 9.20. The maximum absolute atomic E-state index is 14.2. The monoisotopic (exact) mass is 498 g/mol. The van der Waals surface area contributed by atoms with Crippen molar-refractivity contribution in [3.63, 3.8) is 0 Å². The number of methoxy groups -OCH3 is 3. The SMILES string of the molecule is COc1cc([C@H]2[C@H]([N+](=O)[O-])[C@@H]3CCCN3[C@]23C(=O)N(C)c2ccc([N+](=O)[O-])cc23)cc(OC)c1OC. The molecule has 0 unspecified atom stereocenters. The number of rotatable bonds is 6. The molecule has 2 aromatic carbocycles. The number of amides is 1. The molecule has 2 fully saturated rings. The lowest BCUT2D eigenvalue weighted by molar-refractivity contribution is -0.527.